The maximum atomic E-state index is 11.1. The molecule has 0 aliphatic heterocycles. The van der Waals surface area contributed by atoms with Gasteiger partial charge in [0.15, 0.2) is 0 Å². The van der Waals surface area contributed by atoms with Gasteiger partial charge in [-0.05, 0) is 42.4 Å². The number of fused-ring (bicyclic) bond motifs is 1. The second-order valence-corrected chi connectivity index (χ2v) is 10.6. The zero-order chi connectivity index (χ0) is 32.4. The van der Waals surface area contributed by atoms with Crippen molar-refractivity contribution in [2.24, 2.45) is 0 Å². The summed E-state index contributed by atoms with van der Waals surface area (Å²) in [7, 11) is 3.17. The van der Waals surface area contributed by atoms with Crippen LogP contribution in [0.2, 0.25) is 10.0 Å². The van der Waals surface area contributed by atoms with Crippen molar-refractivity contribution in [3.8, 4) is 17.0 Å². The van der Waals surface area contributed by atoms with Crippen molar-refractivity contribution in [2.45, 2.75) is 37.3 Å². The Morgan fingerprint density at radius 1 is 0.955 bits per heavy atom. The molecular weight excluding hydrogens is 615 g/mol. The third kappa shape index (κ3) is 9.03. The van der Waals surface area contributed by atoms with E-state index < -0.39 is 37.0 Å². The molecule has 2 aromatic heterocycles. The number of aliphatic hydroxyl groups is 5. The molecule has 0 spiro atoms. The standard InChI is InChI=1S/C23H17Cl2N3O3.C7H17NO5/c1-31-15-5-6-16-17(9-15)23(14-4-2-3-13(7-14)8-22(29)30)28-27-21(16)10-18-19(24)11-26-12-20(18)25;1-8-2-4(10)6(12)7(13)5(11)3-9/h2-7,9,11-12H,8,10H2,1H3,(H,29,30);4-13H,2-3H2,1H3. The topological polar surface area (TPSA) is 198 Å². The normalized spacial score (nSPS) is 13.8. The molecule has 2 aromatic carbocycles. The highest BCUT2D eigenvalue weighted by Gasteiger charge is 2.29. The summed E-state index contributed by atoms with van der Waals surface area (Å²) in [5.74, 6) is -0.217. The Morgan fingerprint density at radius 2 is 1.64 bits per heavy atom. The fraction of sp³-hybridized carbons (Fsp3) is 0.333. The first-order valence-electron chi connectivity index (χ1n) is 13.4. The second kappa shape index (κ2) is 16.6. The number of likely N-dealkylation sites (N-methyl/N-ethyl adjacent to an activating group) is 1. The molecule has 4 unspecified atom stereocenters. The van der Waals surface area contributed by atoms with Crippen LogP contribution in [0, 0.1) is 0 Å². The molecule has 0 fully saturated rings. The lowest BCUT2D eigenvalue weighted by Crippen LogP contribution is -2.48. The van der Waals surface area contributed by atoms with E-state index in [-0.39, 0.29) is 13.0 Å². The number of ether oxygens (including phenoxy) is 1. The SMILES string of the molecule is CNCC(O)C(O)C(O)C(O)CO.COc1ccc2c(Cc3c(Cl)cncc3Cl)nnc(-c3cccc(CC(=O)O)c3)c2c1. The minimum atomic E-state index is -1.55. The number of carboxylic acids is 1. The Bertz CT molecular complexity index is 1540. The number of carbonyl (C=O) groups is 1. The summed E-state index contributed by atoms with van der Waals surface area (Å²) in [5.41, 5.74) is 3.52. The van der Waals surface area contributed by atoms with E-state index in [4.69, 9.17) is 53.5 Å². The number of halogens is 2. The number of nitrogens with one attached hydrogen (secondary N) is 1. The lowest BCUT2D eigenvalue weighted by Gasteiger charge is -2.25. The van der Waals surface area contributed by atoms with Gasteiger partial charge in [0, 0.05) is 41.7 Å². The van der Waals surface area contributed by atoms with Crippen molar-refractivity contribution in [3.63, 3.8) is 0 Å². The molecule has 0 amide bonds. The van der Waals surface area contributed by atoms with Crippen LogP contribution in [-0.4, -0.2) is 104 Å². The Labute approximate surface area is 263 Å². The van der Waals surface area contributed by atoms with Crippen molar-refractivity contribution in [2.75, 3.05) is 27.3 Å². The van der Waals surface area contributed by atoms with Gasteiger partial charge < -0.3 is 40.7 Å². The molecule has 0 radical (unpaired) electrons. The molecule has 4 atom stereocenters. The van der Waals surface area contributed by atoms with Crippen LogP contribution in [0.15, 0.2) is 54.9 Å². The summed E-state index contributed by atoms with van der Waals surface area (Å²) in [6.45, 7) is -0.569. The summed E-state index contributed by atoms with van der Waals surface area (Å²) < 4.78 is 5.41. The predicted octanol–water partition coefficient (Wildman–Crippen LogP) is 1.87. The summed E-state index contributed by atoms with van der Waals surface area (Å²) in [6.07, 6.45) is -2.24. The average Bonchev–Trinajstić information content (AvgIpc) is 3.01. The molecule has 44 heavy (non-hydrogen) atoms. The van der Waals surface area contributed by atoms with Gasteiger partial charge in [0.05, 0.1) is 42.0 Å². The van der Waals surface area contributed by atoms with Crippen molar-refractivity contribution in [1.29, 1.82) is 0 Å². The number of hydrogen-bond acceptors (Lipinski definition) is 11. The van der Waals surface area contributed by atoms with E-state index in [1.807, 2.05) is 36.4 Å². The van der Waals surface area contributed by atoms with Gasteiger partial charge in [0.25, 0.3) is 0 Å². The summed E-state index contributed by atoms with van der Waals surface area (Å²) in [6, 6.07) is 12.9. The lowest BCUT2D eigenvalue weighted by atomic mass is 9.99. The van der Waals surface area contributed by atoms with Gasteiger partial charge in [0.2, 0.25) is 0 Å². The number of aliphatic hydroxyl groups excluding tert-OH is 5. The first-order chi connectivity index (χ1) is 21.0. The van der Waals surface area contributed by atoms with E-state index in [1.54, 1.807) is 32.6 Å². The minimum absolute atomic E-state index is 0.0698. The lowest BCUT2D eigenvalue weighted by molar-refractivity contribution is -0.136. The molecule has 0 aliphatic carbocycles. The number of rotatable bonds is 12. The van der Waals surface area contributed by atoms with Crippen molar-refractivity contribution >= 4 is 39.9 Å². The molecule has 12 nitrogen and oxygen atoms in total. The highest BCUT2D eigenvalue weighted by Crippen LogP contribution is 2.33. The number of hydrogen-bond donors (Lipinski definition) is 7. The van der Waals surface area contributed by atoms with Crippen molar-refractivity contribution < 1.29 is 40.2 Å². The van der Waals surface area contributed by atoms with E-state index in [2.05, 4.69) is 20.5 Å². The molecular formula is C30H34Cl2N4O8. The van der Waals surface area contributed by atoms with Gasteiger partial charge in [-0.2, -0.15) is 5.10 Å². The maximum absolute atomic E-state index is 11.1. The molecule has 2 heterocycles. The van der Waals surface area contributed by atoms with E-state index in [0.717, 1.165) is 21.9 Å². The van der Waals surface area contributed by atoms with E-state index in [0.29, 0.717) is 39.2 Å². The Morgan fingerprint density at radius 3 is 2.25 bits per heavy atom. The minimum Gasteiger partial charge on any atom is -0.497 e. The first kappa shape index (κ1) is 35.0. The molecule has 4 aromatic rings. The Hall–Kier alpha value is -3.46. The highest BCUT2D eigenvalue weighted by atomic mass is 35.5. The van der Waals surface area contributed by atoms with E-state index in [1.165, 1.54) is 0 Å². The number of nitrogens with zero attached hydrogens (tertiary/aromatic N) is 3. The van der Waals surface area contributed by atoms with Crippen LogP contribution in [0.5, 0.6) is 5.75 Å². The molecule has 0 saturated carbocycles. The third-order valence-electron chi connectivity index (χ3n) is 6.65. The summed E-state index contributed by atoms with van der Waals surface area (Å²) >= 11 is 12.6. The van der Waals surface area contributed by atoms with Crippen molar-refractivity contribution in [3.05, 3.63) is 81.7 Å². The number of aliphatic carboxylic acids is 1. The molecule has 236 valence electrons. The van der Waals surface area contributed by atoms with Gasteiger partial charge in [0.1, 0.15) is 29.8 Å². The van der Waals surface area contributed by atoms with Gasteiger partial charge >= 0.3 is 5.97 Å². The number of pyridine rings is 1. The van der Waals surface area contributed by atoms with Crippen LogP contribution >= 0.6 is 23.2 Å². The highest BCUT2D eigenvalue weighted by molar-refractivity contribution is 6.35. The van der Waals surface area contributed by atoms with Crippen LogP contribution < -0.4 is 10.1 Å². The fourth-order valence-corrected chi connectivity index (χ4v) is 4.83. The maximum Gasteiger partial charge on any atom is 0.307 e. The second-order valence-electron chi connectivity index (χ2n) is 9.79. The summed E-state index contributed by atoms with van der Waals surface area (Å²) in [4.78, 5) is 15.1. The smallest absolute Gasteiger partial charge is 0.307 e. The van der Waals surface area contributed by atoms with Crippen LogP contribution in [0.4, 0.5) is 0 Å². The number of methoxy groups -OCH3 is 1. The number of benzene rings is 2. The van der Waals surface area contributed by atoms with Crippen LogP contribution in [0.3, 0.4) is 0 Å². The van der Waals surface area contributed by atoms with Crippen LogP contribution in [0.1, 0.15) is 16.8 Å². The predicted molar refractivity (Wildman–Crippen MR) is 165 cm³/mol. The zero-order valence-electron chi connectivity index (χ0n) is 23.9. The molecule has 7 N–H and O–H groups in total. The third-order valence-corrected chi connectivity index (χ3v) is 7.31. The quantitative estimate of drug-likeness (QED) is 0.118. The number of carboxylic acid groups (broad SMARTS) is 1. The molecule has 0 saturated heterocycles. The van der Waals surface area contributed by atoms with Crippen molar-refractivity contribution in [1.82, 2.24) is 20.5 Å². The molecule has 4 rings (SSSR count). The van der Waals surface area contributed by atoms with E-state index in [9.17, 15) is 9.90 Å². The Kier molecular flexibility index (Phi) is 13.2. The number of aromatic nitrogens is 3. The van der Waals surface area contributed by atoms with Gasteiger partial charge in [-0.15, -0.1) is 5.10 Å². The van der Waals surface area contributed by atoms with Crippen LogP contribution in [-0.2, 0) is 17.6 Å². The average molecular weight is 650 g/mol. The summed E-state index contributed by atoms with van der Waals surface area (Å²) in [5, 5.41) is 68.2. The zero-order valence-corrected chi connectivity index (χ0v) is 25.4. The largest absolute Gasteiger partial charge is 0.497 e. The molecule has 14 heteroatoms. The van der Waals surface area contributed by atoms with Gasteiger partial charge in [-0.1, -0.05) is 41.4 Å². The molecule has 0 bridgehead atoms. The molecule has 0 aliphatic rings. The van der Waals surface area contributed by atoms with Gasteiger partial charge in [-0.25, -0.2) is 0 Å². The van der Waals surface area contributed by atoms with E-state index >= 15 is 0 Å². The fourth-order valence-electron chi connectivity index (χ4n) is 4.33. The Balaban J connectivity index is 0.000000345. The van der Waals surface area contributed by atoms with Gasteiger partial charge in [-0.3, -0.25) is 9.78 Å². The first-order valence-corrected chi connectivity index (χ1v) is 14.2. The monoisotopic (exact) mass is 648 g/mol. The van der Waals surface area contributed by atoms with Crippen LogP contribution in [0.25, 0.3) is 22.0 Å².